The maximum absolute atomic E-state index is 12.7. The van der Waals surface area contributed by atoms with Gasteiger partial charge in [0.15, 0.2) is 0 Å². The van der Waals surface area contributed by atoms with E-state index < -0.39 is 0 Å². The Bertz CT molecular complexity index is 718. The maximum Gasteiger partial charge on any atom is 0.326 e. The summed E-state index contributed by atoms with van der Waals surface area (Å²) in [6.07, 6.45) is -0.0729. The molecule has 2 aromatic carbocycles. The van der Waals surface area contributed by atoms with E-state index in [-0.39, 0.29) is 12.1 Å². The Morgan fingerprint density at radius 2 is 2.09 bits per heavy atom. The first kappa shape index (κ1) is 14.7. The normalized spacial score (nSPS) is 16.7. The molecule has 0 saturated heterocycles. The molecule has 0 radical (unpaired) electrons. The molecule has 0 spiro atoms. The van der Waals surface area contributed by atoms with E-state index in [4.69, 9.17) is 16.3 Å². The Balaban J connectivity index is 1.90. The second-order valence-electron chi connectivity index (χ2n) is 5.40. The van der Waals surface area contributed by atoms with E-state index in [2.05, 4.69) is 5.32 Å². The second kappa shape index (κ2) is 5.89. The van der Waals surface area contributed by atoms with Gasteiger partial charge in [0.25, 0.3) is 0 Å². The van der Waals surface area contributed by atoms with Crippen molar-refractivity contribution >= 4 is 29.0 Å². The van der Waals surface area contributed by atoms with Gasteiger partial charge in [-0.05, 0) is 43.7 Å². The average molecular weight is 317 g/mol. The number of fused-ring (bicyclic) bond motifs is 1. The van der Waals surface area contributed by atoms with Crippen LogP contribution in [-0.4, -0.2) is 18.7 Å². The van der Waals surface area contributed by atoms with Gasteiger partial charge >= 0.3 is 6.03 Å². The molecule has 1 aliphatic rings. The quantitative estimate of drug-likeness (QED) is 0.843. The third-order valence-electron chi connectivity index (χ3n) is 3.61. The standard InChI is InChI=1S/C17H17ClN2O2/c1-11-5-3-4-6-14(11)19-17(21)20-10-12(2)22-16-8-7-13(18)9-15(16)20/h3-9,12H,10H2,1-2H3,(H,19,21). The predicted octanol–water partition coefficient (Wildman–Crippen LogP) is 4.47. The lowest BCUT2D eigenvalue weighted by atomic mass is 10.2. The van der Waals surface area contributed by atoms with E-state index in [0.29, 0.717) is 23.0 Å². The number of nitrogens with one attached hydrogen (secondary N) is 1. The molecule has 0 fully saturated rings. The van der Waals surface area contributed by atoms with E-state index in [1.807, 2.05) is 38.1 Å². The number of halogens is 1. The molecule has 22 heavy (non-hydrogen) atoms. The summed E-state index contributed by atoms with van der Waals surface area (Å²) in [6, 6.07) is 12.8. The molecule has 2 aromatic rings. The number of benzene rings is 2. The molecule has 1 atom stereocenters. The smallest absolute Gasteiger partial charge is 0.326 e. The van der Waals surface area contributed by atoms with Crippen molar-refractivity contribution in [1.29, 1.82) is 0 Å². The lowest BCUT2D eigenvalue weighted by molar-refractivity contribution is 0.208. The zero-order valence-corrected chi connectivity index (χ0v) is 13.2. The number of anilines is 2. The number of hydrogen-bond donors (Lipinski definition) is 1. The average Bonchev–Trinajstić information content (AvgIpc) is 2.49. The molecule has 114 valence electrons. The summed E-state index contributed by atoms with van der Waals surface area (Å²) in [7, 11) is 0. The molecule has 3 rings (SSSR count). The zero-order valence-electron chi connectivity index (χ0n) is 12.5. The van der Waals surface area contributed by atoms with Crippen LogP contribution in [0.3, 0.4) is 0 Å². The highest BCUT2D eigenvalue weighted by Crippen LogP contribution is 2.36. The summed E-state index contributed by atoms with van der Waals surface area (Å²) in [5.41, 5.74) is 2.51. The number of ether oxygens (including phenoxy) is 1. The van der Waals surface area contributed by atoms with Crippen LogP contribution >= 0.6 is 11.6 Å². The number of carbonyl (C=O) groups excluding carboxylic acids is 1. The molecule has 1 aliphatic heterocycles. The second-order valence-corrected chi connectivity index (χ2v) is 5.83. The topological polar surface area (TPSA) is 41.6 Å². The molecule has 5 heteroatoms. The fraction of sp³-hybridized carbons (Fsp3) is 0.235. The molecule has 0 aliphatic carbocycles. The number of nitrogens with zero attached hydrogens (tertiary/aromatic N) is 1. The minimum atomic E-state index is -0.187. The van der Waals surface area contributed by atoms with Crippen LogP contribution in [0.1, 0.15) is 12.5 Å². The summed E-state index contributed by atoms with van der Waals surface area (Å²) >= 11 is 6.05. The molecule has 0 saturated carbocycles. The van der Waals surface area contributed by atoms with Gasteiger partial charge in [0, 0.05) is 10.7 Å². The van der Waals surface area contributed by atoms with E-state index in [1.54, 1.807) is 23.1 Å². The van der Waals surface area contributed by atoms with Crippen molar-refractivity contribution in [2.45, 2.75) is 20.0 Å². The van der Waals surface area contributed by atoms with Crippen LogP contribution in [0.25, 0.3) is 0 Å². The number of amides is 2. The van der Waals surface area contributed by atoms with Crippen molar-refractivity contribution in [2.75, 3.05) is 16.8 Å². The molecular weight excluding hydrogens is 300 g/mol. The number of hydrogen-bond acceptors (Lipinski definition) is 2. The van der Waals surface area contributed by atoms with Gasteiger partial charge in [0.05, 0.1) is 12.2 Å². The summed E-state index contributed by atoms with van der Waals surface area (Å²) < 4.78 is 5.76. The van der Waals surface area contributed by atoms with Crippen LogP contribution in [0.4, 0.5) is 16.2 Å². The van der Waals surface area contributed by atoms with E-state index >= 15 is 0 Å². The van der Waals surface area contributed by atoms with Gasteiger partial charge in [-0.1, -0.05) is 29.8 Å². The lowest BCUT2D eigenvalue weighted by Gasteiger charge is -2.33. The van der Waals surface area contributed by atoms with Crippen molar-refractivity contribution in [2.24, 2.45) is 0 Å². The van der Waals surface area contributed by atoms with Crippen LogP contribution in [-0.2, 0) is 0 Å². The highest BCUT2D eigenvalue weighted by molar-refractivity contribution is 6.31. The fourth-order valence-electron chi connectivity index (χ4n) is 2.50. The van der Waals surface area contributed by atoms with E-state index in [9.17, 15) is 4.79 Å². The van der Waals surface area contributed by atoms with E-state index in [0.717, 1.165) is 11.3 Å². The van der Waals surface area contributed by atoms with Crippen molar-refractivity contribution in [3.8, 4) is 5.75 Å². The van der Waals surface area contributed by atoms with Crippen molar-refractivity contribution < 1.29 is 9.53 Å². The molecule has 0 aromatic heterocycles. The van der Waals surface area contributed by atoms with Gasteiger partial charge in [-0.25, -0.2) is 4.79 Å². The Morgan fingerprint density at radius 3 is 2.86 bits per heavy atom. The number of para-hydroxylation sites is 1. The Morgan fingerprint density at radius 1 is 1.32 bits per heavy atom. The Hall–Kier alpha value is -2.20. The SMILES string of the molecule is Cc1ccccc1NC(=O)N1CC(C)Oc2ccc(Cl)cc21. The summed E-state index contributed by atoms with van der Waals surface area (Å²) in [5.74, 6) is 0.670. The Labute approximate surface area is 134 Å². The van der Waals surface area contributed by atoms with Crippen LogP contribution in [0, 0.1) is 6.92 Å². The minimum Gasteiger partial charge on any atom is -0.487 e. The van der Waals surface area contributed by atoms with Gasteiger partial charge in [-0.15, -0.1) is 0 Å². The highest BCUT2D eigenvalue weighted by Gasteiger charge is 2.28. The molecular formula is C17H17ClN2O2. The maximum atomic E-state index is 12.7. The summed E-state index contributed by atoms with van der Waals surface area (Å²) in [6.45, 7) is 4.37. The Kier molecular flexibility index (Phi) is 3.94. The van der Waals surface area contributed by atoms with Gasteiger partial charge < -0.3 is 10.1 Å². The third-order valence-corrected chi connectivity index (χ3v) is 3.85. The number of aryl methyl sites for hydroxylation is 1. The first-order valence-corrected chi connectivity index (χ1v) is 7.53. The van der Waals surface area contributed by atoms with Gasteiger partial charge in [0.1, 0.15) is 11.9 Å². The molecule has 1 heterocycles. The number of urea groups is 1. The van der Waals surface area contributed by atoms with Crippen LogP contribution in [0.2, 0.25) is 5.02 Å². The van der Waals surface area contributed by atoms with Crippen molar-refractivity contribution in [1.82, 2.24) is 0 Å². The highest BCUT2D eigenvalue weighted by atomic mass is 35.5. The van der Waals surface area contributed by atoms with Crippen LogP contribution < -0.4 is 15.0 Å². The number of rotatable bonds is 1. The summed E-state index contributed by atoms with van der Waals surface area (Å²) in [5, 5.41) is 3.52. The van der Waals surface area contributed by atoms with Crippen LogP contribution in [0.5, 0.6) is 5.75 Å². The zero-order chi connectivity index (χ0) is 15.7. The molecule has 2 amide bonds. The largest absolute Gasteiger partial charge is 0.487 e. The fourth-order valence-corrected chi connectivity index (χ4v) is 2.67. The minimum absolute atomic E-state index is 0.0729. The van der Waals surface area contributed by atoms with Crippen molar-refractivity contribution in [3.63, 3.8) is 0 Å². The van der Waals surface area contributed by atoms with Crippen molar-refractivity contribution in [3.05, 3.63) is 53.1 Å². The predicted molar refractivity (Wildman–Crippen MR) is 89.1 cm³/mol. The first-order chi connectivity index (χ1) is 10.5. The van der Waals surface area contributed by atoms with Gasteiger partial charge in [-0.3, -0.25) is 4.90 Å². The lowest BCUT2D eigenvalue weighted by Crippen LogP contribution is -2.44. The number of carbonyl (C=O) groups is 1. The van der Waals surface area contributed by atoms with Gasteiger partial charge in [0.2, 0.25) is 0 Å². The molecule has 4 nitrogen and oxygen atoms in total. The third kappa shape index (κ3) is 2.88. The van der Waals surface area contributed by atoms with E-state index in [1.165, 1.54) is 0 Å². The first-order valence-electron chi connectivity index (χ1n) is 7.15. The molecule has 1 unspecified atom stereocenters. The molecule has 0 bridgehead atoms. The monoisotopic (exact) mass is 316 g/mol. The van der Waals surface area contributed by atoms with Crippen LogP contribution in [0.15, 0.2) is 42.5 Å². The molecule has 1 N–H and O–H groups in total. The summed E-state index contributed by atoms with van der Waals surface area (Å²) in [4.78, 5) is 14.3. The van der Waals surface area contributed by atoms with Gasteiger partial charge in [-0.2, -0.15) is 0 Å².